The Kier molecular flexibility index (Phi) is 7.97. The van der Waals surface area contributed by atoms with Gasteiger partial charge in [0.05, 0.1) is 12.9 Å². The number of nitrogens with one attached hydrogen (secondary N) is 1. The summed E-state index contributed by atoms with van der Waals surface area (Å²) in [6, 6.07) is 15.0. The molecule has 3 rings (SSSR count). The molecule has 3 aromatic rings. The van der Waals surface area contributed by atoms with E-state index in [1.165, 1.54) is 11.8 Å². The van der Waals surface area contributed by atoms with Crippen molar-refractivity contribution in [2.75, 3.05) is 18.2 Å². The number of anilines is 1. The minimum Gasteiger partial charge on any atom is -0.497 e. The van der Waals surface area contributed by atoms with Gasteiger partial charge in [0.1, 0.15) is 11.5 Å². The fraction of sp³-hybridized carbons (Fsp3) is 0.318. The van der Waals surface area contributed by atoms with E-state index >= 15 is 0 Å². The van der Waals surface area contributed by atoms with E-state index in [9.17, 15) is 4.79 Å². The van der Waals surface area contributed by atoms with Crippen molar-refractivity contribution < 1.29 is 14.3 Å². The summed E-state index contributed by atoms with van der Waals surface area (Å²) in [5.74, 6) is 2.32. The Bertz CT molecular complexity index is 1010. The Balaban J connectivity index is 1.66. The number of rotatable bonds is 9. The van der Waals surface area contributed by atoms with Gasteiger partial charge in [0, 0.05) is 16.2 Å². The van der Waals surface area contributed by atoms with Gasteiger partial charge < -0.3 is 19.4 Å². The molecular formula is C22H25BrN4O3S. The molecule has 0 aliphatic carbocycles. The monoisotopic (exact) mass is 504 g/mol. The second-order valence-corrected chi connectivity index (χ2v) is 8.94. The lowest BCUT2D eigenvalue weighted by atomic mass is 10.3. The van der Waals surface area contributed by atoms with E-state index in [1.807, 2.05) is 60.0 Å². The van der Waals surface area contributed by atoms with Crippen LogP contribution in [0.2, 0.25) is 0 Å². The fourth-order valence-electron chi connectivity index (χ4n) is 2.92. The molecule has 1 N–H and O–H groups in total. The number of nitrogens with zero attached hydrogens (tertiary/aromatic N) is 3. The standard InChI is InChI=1S/C22H25BrN4O3S/c1-14(2)27-21(15(3)30-19-11-9-18(29-4)10-12-19)25-26-22(27)31-13-20(28)24-17-7-5-16(23)6-8-17/h5-12,14-15H,13H2,1-4H3,(H,24,28). The first-order valence-electron chi connectivity index (χ1n) is 9.81. The van der Waals surface area contributed by atoms with E-state index in [0.717, 1.165) is 21.7 Å². The van der Waals surface area contributed by atoms with Crippen LogP contribution >= 0.6 is 27.7 Å². The molecule has 0 saturated heterocycles. The van der Waals surface area contributed by atoms with E-state index in [4.69, 9.17) is 9.47 Å². The van der Waals surface area contributed by atoms with Crippen molar-refractivity contribution in [3.63, 3.8) is 0 Å². The second-order valence-electron chi connectivity index (χ2n) is 7.08. The molecule has 1 amide bonds. The molecule has 0 aliphatic heterocycles. The molecule has 0 bridgehead atoms. The molecule has 0 spiro atoms. The molecule has 0 fully saturated rings. The first-order chi connectivity index (χ1) is 14.9. The van der Waals surface area contributed by atoms with E-state index in [1.54, 1.807) is 7.11 Å². The van der Waals surface area contributed by atoms with Crippen LogP contribution in [0.4, 0.5) is 5.69 Å². The number of benzene rings is 2. The van der Waals surface area contributed by atoms with Crippen LogP contribution in [0.5, 0.6) is 11.5 Å². The fourth-order valence-corrected chi connectivity index (χ4v) is 4.06. The number of hydrogen-bond acceptors (Lipinski definition) is 6. The molecule has 164 valence electrons. The molecule has 0 radical (unpaired) electrons. The van der Waals surface area contributed by atoms with Crippen molar-refractivity contribution in [1.29, 1.82) is 0 Å². The number of amides is 1. The SMILES string of the molecule is COc1ccc(OC(C)c2nnc(SCC(=O)Nc3ccc(Br)cc3)n2C(C)C)cc1. The summed E-state index contributed by atoms with van der Waals surface area (Å²) in [7, 11) is 1.63. The van der Waals surface area contributed by atoms with Crippen molar-refractivity contribution >= 4 is 39.3 Å². The van der Waals surface area contributed by atoms with E-state index in [0.29, 0.717) is 11.0 Å². The van der Waals surface area contributed by atoms with Crippen LogP contribution in [0, 0.1) is 0 Å². The Hall–Kier alpha value is -2.52. The van der Waals surface area contributed by atoms with Crippen molar-refractivity contribution in [3.05, 3.63) is 58.8 Å². The maximum Gasteiger partial charge on any atom is 0.234 e. The number of methoxy groups -OCH3 is 1. The van der Waals surface area contributed by atoms with Gasteiger partial charge in [-0.25, -0.2) is 0 Å². The van der Waals surface area contributed by atoms with Gasteiger partial charge in [-0.15, -0.1) is 10.2 Å². The Labute approximate surface area is 194 Å². The molecule has 1 aromatic heterocycles. The summed E-state index contributed by atoms with van der Waals surface area (Å²) < 4.78 is 14.2. The molecule has 2 aromatic carbocycles. The Morgan fingerprint density at radius 2 is 1.71 bits per heavy atom. The van der Waals surface area contributed by atoms with Crippen LogP contribution in [-0.4, -0.2) is 33.5 Å². The summed E-state index contributed by atoms with van der Waals surface area (Å²) in [6.07, 6.45) is -0.311. The lowest BCUT2D eigenvalue weighted by molar-refractivity contribution is -0.113. The number of thioether (sulfide) groups is 1. The molecule has 1 unspecified atom stereocenters. The van der Waals surface area contributed by atoms with Crippen LogP contribution in [-0.2, 0) is 4.79 Å². The highest BCUT2D eigenvalue weighted by atomic mass is 79.9. The van der Waals surface area contributed by atoms with Crippen LogP contribution < -0.4 is 14.8 Å². The number of halogens is 1. The van der Waals surface area contributed by atoms with Gasteiger partial charge in [-0.1, -0.05) is 27.7 Å². The van der Waals surface area contributed by atoms with Gasteiger partial charge in [0.2, 0.25) is 5.91 Å². The normalized spacial score (nSPS) is 11.9. The number of ether oxygens (including phenoxy) is 2. The molecule has 1 heterocycles. The van der Waals surface area contributed by atoms with E-state index < -0.39 is 0 Å². The summed E-state index contributed by atoms with van der Waals surface area (Å²) >= 11 is 4.74. The first-order valence-corrected chi connectivity index (χ1v) is 11.6. The van der Waals surface area contributed by atoms with Gasteiger partial charge in [-0.3, -0.25) is 4.79 Å². The zero-order valence-electron chi connectivity index (χ0n) is 17.8. The highest BCUT2D eigenvalue weighted by Crippen LogP contribution is 2.28. The number of carbonyl (C=O) groups is 1. The Morgan fingerprint density at radius 1 is 1.06 bits per heavy atom. The number of aromatic nitrogens is 3. The van der Waals surface area contributed by atoms with Gasteiger partial charge in [-0.2, -0.15) is 0 Å². The first kappa shape index (κ1) is 23.1. The second kappa shape index (κ2) is 10.7. The van der Waals surface area contributed by atoms with Crippen LogP contribution in [0.25, 0.3) is 0 Å². The summed E-state index contributed by atoms with van der Waals surface area (Å²) in [6.45, 7) is 6.04. The predicted octanol–water partition coefficient (Wildman–Crippen LogP) is 5.50. The smallest absolute Gasteiger partial charge is 0.234 e. The largest absolute Gasteiger partial charge is 0.497 e. The average Bonchev–Trinajstić information content (AvgIpc) is 3.19. The van der Waals surface area contributed by atoms with Crippen LogP contribution in [0.15, 0.2) is 58.2 Å². The molecule has 31 heavy (non-hydrogen) atoms. The van der Waals surface area contributed by atoms with Crippen molar-refractivity contribution in [2.24, 2.45) is 0 Å². The van der Waals surface area contributed by atoms with Gasteiger partial charge in [-0.05, 0) is 69.3 Å². The van der Waals surface area contributed by atoms with Gasteiger partial charge in [0.25, 0.3) is 0 Å². The quantitative estimate of drug-likeness (QED) is 0.387. The van der Waals surface area contributed by atoms with Crippen molar-refractivity contribution in [1.82, 2.24) is 14.8 Å². The molecule has 0 saturated carbocycles. The van der Waals surface area contributed by atoms with Gasteiger partial charge >= 0.3 is 0 Å². The lowest BCUT2D eigenvalue weighted by Gasteiger charge is -2.19. The minimum absolute atomic E-state index is 0.102. The predicted molar refractivity (Wildman–Crippen MR) is 126 cm³/mol. The third kappa shape index (κ3) is 6.24. The third-order valence-electron chi connectivity index (χ3n) is 4.40. The summed E-state index contributed by atoms with van der Waals surface area (Å²) in [5, 5.41) is 12.2. The zero-order chi connectivity index (χ0) is 22.4. The van der Waals surface area contributed by atoms with Crippen LogP contribution in [0.1, 0.15) is 38.7 Å². The van der Waals surface area contributed by atoms with E-state index in [2.05, 4.69) is 45.3 Å². The van der Waals surface area contributed by atoms with Crippen molar-refractivity contribution in [3.8, 4) is 11.5 Å². The summed E-state index contributed by atoms with van der Waals surface area (Å²) in [4.78, 5) is 12.3. The van der Waals surface area contributed by atoms with Crippen molar-refractivity contribution in [2.45, 2.75) is 38.1 Å². The topological polar surface area (TPSA) is 78.3 Å². The number of hydrogen-bond donors (Lipinski definition) is 1. The molecule has 1 atom stereocenters. The number of carbonyl (C=O) groups excluding carboxylic acids is 1. The average molecular weight is 505 g/mol. The summed E-state index contributed by atoms with van der Waals surface area (Å²) in [5.41, 5.74) is 0.751. The third-order valence-corrected chi connectivity index (χ3v) is 5.88. The maximum atomic E-state index is 12.3. The molecule has 7 nitrogen and oxygen atoms in total. The van der Waals surface area contributed by atoms with Gasteiger partial charge in [0.15, 0.2) is 17.1 Å². The van der Waals surface area contributed by atoms with E-state index in [-0.39, 0.29) is 23.8 Å². The molecular weight excluding hydrogens is 480 g/mol. The molecule has 9 heteroatoms. The zero-order valence-corrected chi connectivity index (χ0v) is 20.2. The minimum atomic E-state index is -0.311. The molecule has 0 aliphatic rings. The lowest BCUT2D eigenvalue weighted by Crippen LogP contribution is -2.16. The maximum absolute atomic E-state index is 12.3. The van der Waals surface area contributed by atoms with Crippen LogP contribution in [0.3, 0.4) is 0 Å². The highest BCUT2D eigenvalue weighted by molar-refractivity contribution is 9.10. The highest BCUT2D eigenvalue weighted by Gasteiger charge is 2.22. The Morgan fingerprint density at radius 3 is 2.32 bits per heavy atom.